The number of nitrogens with one attached hydrogen (secondary N) is 1. The molecule has 0 amide bonds. The van der Waals surface area contributed by atoms with Crippen LogP contribution in [-0.2, 0) is 5.41 Å². The lowest BCUT2D eigenvalue weighted by molar-refractivity contribution is 0.590. The molecule has 4 aromatic rings. The van der Waals surface area contributed by atoms with Crippen molar-refractivity contribution in [2.24, 2.45) is 0 Å². The molecule has 1 N–H and O–H groups in total. The van der Waals surface area contributed by atoms with Crippen molar-refractivity contribution in [2.45, 2.75) is 26.2 Å². The van der Waals surface area contributed by atoms with Crippen LogP contribution in [0.25, 0.3) is 22.2 Å². The number of anilines is 3. The van der Waals surface area contributed by atoms with E-state index in [1.165, 1.54) is 5.56 Å². The topological polar surface area (TPSA) is 66.8 Å². The number of benzene rings is 2. The first-order valence-electron chi connectivity index (χ1n) is 11.4. The van der Waals surface area contributed by atoms with Gasteiger partial charge in [0.15, 0.2) is 5.82 Å². The van der Waals surface area contributed by atoms with Gasteiger partial charge < -0.3 is 10.2 Å². The minimum absolute atomic E-state index is 0.114. The maximum Gasteiger partial charge on any atom is 0.230 e. The van der Waals surface area contributed by atoms with Crippen molar-refractivity contribution < 1.29 is 0 Å². The van der Waals surface area contributed by atoms with Gasteiger partial charge in [-0.25, -0.2) is 4.98 Å². The fourth-order valence-electron chi connectivity index (χ4n) is 4.03. The number of pyridine rings is 1. The van der Waals surface area contributed by atoms with E-state index in [4.69, 9.17) is 21.6 Å². The van der Waals surface area contributed by atoms with Crippen molar-refractivity contribution in [1.82, 2.24) is 19.9 Å². The van der Waals surface area contributed by atoms with Gasteiger partial charge in [0, 0.05) is 47.4 Å². The van der Waals surface area contributed by atoms with Gasteiger partial charge in [0.1, 0.15) is 5.82 Å². The molecule has 0 unspecified atom stereocenters. The molecular formula is C26H27ClN6S. The summed E-state index contributed by atoms with van der Waals surface area (Å²) in [6, 6.07) is 16.7. The Kier molecular flexibility index (Phi) is 6.32. The molecular weight excluding hydrogens is 464 g/mol. The largest absolute Gasteiger partial charge is 0.340 e. The van der Waals surface area contributed by atoms with E-state index < -0.39 is 0 Å². The molecule has 6 nitrogen and oxygen atoms in total. The standard InChI is InChI=1S/C26H27ClN6S/c1-26(2,3)17-8-10-18(11-9-17)29-22-20-7-5-4-6-19(20)21(16-28-22)23-30-24(27)32-25(31-23)33-12-14-34-15-13-33/h4-11,16H,12-15H2,1-3H3,(H,28,29). The maximum atomic E-state index is 6.33. The summed E-state index contributed by atoms with van der Waals surface area (Å²) in [5.41, 5.74) is 3.23. The molecule has 0 bridgehead atoms. The highest BCUT2D eigenvalue weighted by Gasteiger charge is 2.19. The van der Waals surface area contributed by atoms with Crippen LogP contribution in [0.15, 0.2) is 54.7 Å². The minimum atomic E-state index is 0.114. The average molecular weight is 491 g/mol. The first kappa shape index (κ1) is 22.9. The molecule has 0 radical (unpaired) electrons. The fraction of sp³-hybridized carbons (Fsp3) is 0.308. The Bertz CT molecular complexity index is 1310. The monoisotopic (exact) mass is 490 g/mol. The van der Waals surface area contributed by atoms with E-state index in [0.717, 1.165) is 52.4 Å². The van der Waals surface area contributed by atoms with Crippen molar-refractivity contribution in [2.75, 3.05) is 34.8 Å². The summed E-state index contributed by atoms with van der Waals surface area (Å²) in [6.07, 6.45) is 1.82. The van der Waals surface area contributed by atoms with Crippen molar-refractivity contribution in [3.63, 3.8) is 0 Å². The summed E-state index contributed by atoms with van der Waals surface area (Å²) in [7, 11) is 0. The Balaban J connectivity index is 1.52. The zero-order valence-electron chi connectivity index (χ0n) is 19.5. The molecule has 5 rings (SSSR count). The van der Waals surface area contributed by atoms with Crippen molar-refractivity contribution >= 4 is 51.6 Å². The van der Waals surface area contributed by atoms with Gasteiger partial charge in [-0.1, -0.05) is 57.2 Å². The Morgan fingerprint density at radius 3 is 2.32 bits per heavy atom. The molecule has 2 aromatic carbocycles. The third-order valence-electron chi connectivity index (χ3n) is 5.94. The molecule has 0 spiro atoms. The van der Waals surface area contributed by atoms with Crippen LogP contribution < -0.4 is 10.2 Å². The molecule has 0 aliphatic carbocycles. The third kappa shape index (κ3) is 4.81. The van der Waals surface area contributed by atoms with Gasteiger partial charge in [-0.3, -0.25) is 0 Å². The van der Waals surface area contributed by atoms with Crippen molar-refractivity contribution in [3.05, 3.63) is 65.6 Å². The molecule has 34 heavy (non-hydrogen) atoms. The van der Waals surface area contributed by atoms with Crippen LogP contribution in [0.5, 0.6) is 0 Å². The Morgan fingerprint density at radius 2 is 1.62 bits per heavy atom. The molecule has 174 valence electrons. The maximum absolute atomic E-state index is 6.33. The predicted molar refractivity (Wildman–Crippen MR) is 144 cm³/mol. The molecule has 1 aliphatic rings. The van der Waals surface area contributed by atoms with E-state index >= 15 is 0 Å². The Morgan fingerprint density at radius 1 is 0.912 bits per heavy atom. The summed E-state index contributed by atoms with van der Waals surface area (Å²) in [5, 5.41) is 5.68. The smallest absolute Gasteiger partial charge is 0.230 e. The number of thioether (sulfide) groups is 1. The normalized spacial score (nSPS) is 14.4. The Hall–Kier alpha value is -2.90. The quantitative estimate of drug-likeness (QED) is 0.358. The predicted octanol–water partition coefficient (Wildman–Crippen LogP) is 6.33. The van der Waals surface area contributed by atoms with Crippen molar-refractivity contribution in [1.29, 1.82) is 0 Å². The SMILES string of the molecule is CC(C)(C)c1ccc(Nc2ncc(-c3nc(Cl)nc(N4CCSCC4)n3)c3ccccc23)cc1. The van der Waals surface area contributed by atoms with Gasteiger partial charge in [0.25, 0.3) is 0 Å². The molecule has 3 heterocycles. The number of halogens is 1. The van der Waals surface area contributed by atoms with Crippen LogP contribution in [0.4, 0.5) is 17.5 Å². The molecule has 2 aromatic heterocycles. The highest BCUT2D eigenvalue weighted by molar-refractivity contribution is 7.99. The van der Waals surface area contributed by atoms with E-state index in [9.17, 15) is 0 Å². The first-order chi connectivity index (χ1) is 16.4. The van der Waals surface area contributed by atoms with Gasteiger partial charge in [0.2, 0.25) is 11.2 Å². The highest BCUT2D eigenvalue weighted by Crippen LogP contribution is 2.33. The van der Waals surface area contributed by atoms with Crippen LogP contribution in [0.2, 0.25) is 5.28 Å². The fourth-order valence-corrected chi connectivity index (χ4v) is 5.08. The van der Waals surface area contributed by atoms with Gasteiger partial charge in [-0.05, 0) is 40.1 Å². The summed E-state index contributed by atoms with van der Waals surface area (Å²) >= 11 is 8.27. The number of aromatic nitrogens is 4. The minimum Gasteiger partial charge on any atom is -0.340 e. The van der Waals surface area contributed by atoms with Crippen LogP contribution in [0.1, 0.15) is 26.3 Å². The van der Waals surface area contributed by atoms with Crippen molar-refractivity contribution in [3.8, 4) is 11.4 Å². The molecule has 0 saturated carbocycles. The zero-order chi connectivity index (χ0) is 23.7. The Labute approximate surface area is 209 Å². The van der Waals surface area contributed by atoms with Gasteiger partial charge in [0.05, 0.1) is 0 Å². The number of hydrogen-bond donors (Lipinski definition) is 1. The summed E-state index contributed by atoms with van der Waals surface area (Å²) < 4.78 is 0. The molecule has 1 aliphatic heterocycles. The van der Waals surface area contributed by atoms with Gasteiger partial charge >= 0.3 is 0 Å². The summed E-state index contributed by atoms with van der Waals surface area (Å²) in [6.45, 7) is 8.45. The molecule has 1 saturated heterocycles. The van der Waals surface area contributed by atoms with E-state index in [1.807, 2.05) is 30.1 Å². The van der Waals surface area contributed by atoms with Crippen LogP contribution in [-0.4, -0.2) is 44.5 Å². The van der Waals surface area contributed by atoms with E-state index in [0.29, 0.717) is 11.8 Å². The van der Waals surface area contributed by atoms with Crippen LogP contribution >= 0.6 is 23.4 Å². The van der Waals surface area contributed by atoms with Gasteiger partial charge in [-0.15, -0.1) is 0 Å². The molecule has 8 heteroatoms. The number of hydrogen-bond acceptors (Lipinski definition) is 7. The lowest BCUT2D eigenvalue weighted by Crippen LogP contribution is -2.34. The van der Waals surface area contributed by atoms with E-state index in [2.05, 4.69) is 77.4 Å². The lowest BCUT2D eigenvalue weighted by atomic mass is 9.87. The summed E-state index contributed by atoms with van der Waals surface area (Å²) in [5.74, 6) is 4.07. The van der Waals surface area contributed by atoms with E-state index in [-0.39, 0.29) is 10.7 Å². The highest BCUT2D eigenvalue weighted by atomic mass is 35.5. The van der Waals surface area contributed by atoms with Crippen LogP contribution in [0.3, 0.4) is 0 Å². The second kappa shape index (κ2) is 9.39. The second-order valence-corrected chi connectivity index (χ2v) is 10.9. The van der Waals surface area contributed by atoms with Crippen LogP contribution in [0, 0.1) is 0 Å². The first-order valence-corrected chi connectivity index (χ1v) is 12.9. The average Bonchev–Trinajstić information content (AvgIpc) is 2.84. The number of rotatable bonds is 4. The zero-order valence-corrected chi connectivity index (χ0v) is 21.1. The number of nitrogens with zero attached hydrogens (tertiary/aromatic N) is 5. The van der Waals surface area contributed by atoms with Gasteiger partial charge in [-0.2, -0.15) is 26.7 Å². The third-order valence-corrected chi connectivity index (χ3v) is 7.05. The van der Waals surface area contributed by atoms with E-state index in [1.54, 1.807) is 0 Å². The number of fused-ring (bicyclic) bond motifs is 1. The lowest BCUT2D eigenvalue weighted by Gasteiger charge is -2.26. The molecule has 0 atom stereocenters. The second-order valence-electron chi connectivity index (χ2n) is 9.35. The summed E-state index contributed by atoms with van der Waals surface area (Å²) in [4.78, 5) is 20.5. The molecule has 1 fully saturated rings.